The van der Waals surface area contributed by atoms with E-state index in [2.05, 4.69) is 22.2 Å². The molecule has 0 aliphatic heterocycles. The predicted octanol–water partition coefficient (Wildman–Crippen LogP) is 3.53. The molecule has 3 aromatic rings. The Balaban J connectivity index is 1.88. The lowest BCUT2D eigenvalue weighted by molar-refractivity contribution is 0.484. The Hall–Kier alpha value is -2.46. The van der Waals surface area contributed by atoms with Crippen molar-refractivity contribution in [1.82, 2.24) is 15.3 Å². The van der Waals surface area contributed by atoms with Gasteiger partial charge in [-0.3, -0.25) is 9.97 Å². The van der Waals surface area contributed by atoms with Crippen molar-refractivity contribution in [3.8, 4) is 11.5 Å². The summed E-state index contributed by atoms with van der Waals surface area (Å²) in [6, 6.07) is 11.8. The van der Waals surface area contributed by atoms with Crippen LogP contribution in [0.1, 0.15) is 12.5 Å². The van der Waals surface area contributed by atoms with Gasteiger partial charge in [-0.05, 0) is 42.4 Å². The SMILES string of the molecule is CCNCc1cncc(Oc2cccc3ncccc23)c1. The molecule has 3 rings (SSSR count). The predicted molar refractivity (Wildman–Crippen MR) is 83.4 cm³/mol. The standard InChI is InChI=1S/C17H17N3O/c1-2-18-10-13-9-14(12-19-11-13)21-17-7-3-6-16-15(17)5-4-8-20-16/h3-9,11-12,18H,2,10H2,1H3. The van der Waals surface area contributed by atoms with Gasteiger partial charge >= 0.3 is 0 Å². The van der Waals surface area contributed by atoms with Gasteiger partial charge in [-0.2, -0.15) is 0 Å². The fraction of sp³-hybridized carbons (Fsp3) is 0.176. The van der Waals surface area contributed by atoms with Gasteiger partial charge < -0.3 is 10.1 Å². The van der Waals surface area contributed by atoms with Crippen LogP contribution < -0.4 is 10.1 Å². The normalized spacial score (nSPS) is 10.7. The second kappa shape index (κ2) is 6.33. The number of rotatable bonds is 5. The van der Waals surface area contributed by atoms with Crippen LogP contribution in [0.25, 0.3) is 10.9 Å². The minimum atomic E-state index is 0.738. The maximum atomic E-state index is 5.98. The summed E-state index contributed by atoms with van der Waals surface area (Å²) in [5.74, 6) is 1.53. The molecule has 0 aliphatic rings. The smallest absolute Gasteiger partial charge is 0.146 e. The Morgan fingerprint density at radius 1 is 1.14 bits per heavy atom. The van der Waals surface area contributed by atoms with Gasteiger partial charge in [-0.25, -0.2) is 0 Å². The van der Waals surface area contributed by atoms with E-state index in [1.807, 2.05) is 42.6 Å². The molecule has 0 bridgehead atoms. The molecule has 4 heteroatoms. The van der Waals surface area contributed by atoms with Crippen LogP contribution in [0.2, 0.25) is 0 Å². The summed E-state index contributed by atoms with van der Waals surface area (Å²) >= 11 is 0. The van der Waals surface area contributed by atoms with Gasteiger partial charge in [0.15, 0.2) is 0 Å². The molecule has 0 fully saturated rings. The van der Waals surface area contributed by atoms with E-state index in [1.54, 1.807) is 12.4 Å². The molecule has 0 saturated heterocycles. The first kappa shape index (κ1) is 13.5. The number of ether oxygens (including phenoxy) is 1. The highest BCUT2D eigenvalue weighted by atomic mass is 16.5. The lowest BCUT2D eigenvalue weighted by Crippen LogP contribution is -2.11. The number of aromatic nitrogens is 2. The van der Waals surface area contributed by atoms with E-state index < -0.39 is 0 Å². The molecule has 106 valence electrons. The molecule has 0 radical (unpaired) electrons. The molecule has 1 aromatic carbocycles. The minimum absolute atomic E-state index is 0.738. The topological polar surface area (TPSA) is 47.0 Å². The molecule has 1 N–H and O–H groups in total. The summed E-state index contributed by atoms with van der Waals surface area (Å²) in [4.78, 5) is 8.57. The van der Waals surface area contributed by atoms with E-state index in [0.29, 0.717) is 0 Å². The lowest BCUT2D eigenvalue weighted by atomic mass is 10.2. The average molecular weight is 279 g/mol. The van der Waals surface area contributed by atoms with Crippen LogP contribution in [-0.4, -0.2) is 16.5 Å². The van der Waals surface area contributed by atoms with Gasteiger partial charge in [-0.1, -0.05) is 13.0 Å². The van der Waals surface area contributed by atoms with Gasteiger partial charge in [0.25, 0.3) is 0 Å². The summed E-state index contributed by atoms with van der Waals surface area (Å²) < 4.78 is 5.98. The second-order valence-corrected chi connectivity index (χ2v) is 4.74. The zero-order valence-corrected chi connectivity index (χ0v) is 11.9. The van der Waals surface area contributed by atoms with Crippen LogP contribution in [0, 0.1) is 0 Å². The Morgan fingerprint density at radius 2 is 2.10 bits per heavy atom. The molecule has 4 nitrogen and oxygen atoms in total. The highest BCUT2D eigenvalue weighted by Gasteiger charge is 2.04. The minimum Gasteiger partial charge on any atom is -0.455 e. The monoisotopic (exact) mass is 279 g/mol. The second-order valence-electron chi connectivity index (χ2n) is 4.74. The molecule has 0 spiro atoms. The first-order chi connectivity index (χ1) is 10.4. The Labute approximate surface area is 123 Å². The molecular formula is C17H17N3O. The highest BCUT2D eigenvalue weighted by molar-refractivity contribution is 5.85. The van der Waals surface area contributed by atoms with E-state index in [1.165, 1.54) is 0 Å². The zero-order valence-electron chi connectivity index (χ0n) is 11.9. The third kappa shape index (κ3) is 3.17. The number of hydrogen-bond donors (Lipinski definition) is 1. The maximum absolute atomic E-state index is 5.98. The molecule has 0 saturated carbocycles. The van der Waals surface area contributed by atoms with Crippen molar-refractivity contribution in [2.24, 2.45) is 0 Å². The first-order valence-corrected chi connectivity index (χ1v) is 7.03. The third-order valence-electron chi connectivity index (χ3n) is 3.18. The summed E-state index contributed by atoms with van der Waals surface area (Å²) in [7, 11) is 0. The summed E-state index contributed by atoms with van der Waals surface area (Å²) in [5.41, 5.74) is 2.03. The number of pyridine rings is 2. The summed E-state index contributed by atoms with van der Waals surface area (Å²) in [5, 5.41) is 4.28. The van der Waals surface area contributed by atoms with E-state index in [9.17, 15) is 0 Å². The fourth-order valence-electron chi connectivity index (χ4n) is 2.18. The van der Waals surface area contributed by atoms with Crippen molar-refractivity contribution in [2.45, 2.75) is 13.5 Å². The summed E-state index contributed by atoms with van der Waals surface area (Å²) in [6.07, 6.45) is 5.36. The molecular weight excluding hydrogens is 262 g/mol. The van der Waals surface area contributed by atoms with Crippen molar-refractivity contribution < 1.29 is 4.74 Å². The average Bonchev–Trinajstić information content (AvgIpc) is 2.54. The van der Waals surface area contributed by atoms with Crippen LogP contribution >= 0.6 is 0 Å². The van der Waals surface area contributed by atoms with Crippen LogP contribution in [0.15, 0.2) is 55.0 Å². The number of benzene rings is 1. The third-order valence-corrected chi connectivity index (χ3v) is 3.18. The number of nitrogens with zero attached hydrogens (tertiary/aromatic N) is 2. The molecule has 2 heterocycles. The molecule has 2 aromatic heterocycles. The van der Waals surface area contributed by atoms with Crippen molar-refractivity contribution >= 4 is 10.9 Å². The summed E-state index contributed by atoms with van der Waals surface area (Å²) in [6.45, 7) is 3.80. The quantitative estimate of drug-likeness (QED) is 0.776. The largest absolute Gasteiger partial charge is 0.455 e. The highest BCUT2D eigenvalue weighted by Crippen LogP contribution is 2.28. The van der Waals surface area contributed by atoms with E-state index >= 15 is 0 Å². The van der Waals surface area contributed by atoms with E-state index in [-0.39, 0.29) is 0 Å². The van der Waals surface area contributed by atoms with Gasteiger partial charge in [0.05, 0.1) is 11.7 Å². The number of hydrogen-bond acceptors (Lipinski definition) is 4. The van der Waals surface area contributed by atoms with Crippen LogP contribution in [0.3, 0.4) is 0 Å². The van der Waals surface area contributed by atoms with Crippen LogP contribution in [0.4, 0.5) is 0 Å². The number of fused-ring (bicyclic) bond motifs is 1. The molecule has 0 atom stereocenters. The van der Waals surface area contributed by atoms with Crippen molar-refractivity contribution in [3.05, 3.63) is 60.6 Å². The van der Waals surface area contributed by atoms with Gasteiger partial charge in [-0.15, -0.1) is 0 Å². The Bertz CT molecular complexity index is 737. The van der Waals surface area contributed by atoms with Crippen molar-refractivity contribution in [2.75, 3.05) is 6.54 Å². The van der Waals surface area contributed by atoms with Gasteiger partial charge in [0.2, 0.25) is 0 Å². The van der Waals surface area contributed by atoms with Crippen molar-refractivity contribution in [1.29, 1.82) is 0 Å². The lowest BCUT2D eigenvalue weighted by Gasteiger charge is -2.09. The van der Waals surface area contributed by atoms with Crippen LogP contribution in [-0.2, 0) is 6.54 Å². The first-order valence-electron chi connectivity index (χ1n) is 7.03. The van der Waals surface area contributed by atoms with Gasteiger partial charge in [0, 0.05) is 24.3 Å². The van der Waals surface area contributed by atoms with Crippen LogP contribution in [0.5, 0.6) is 11.5 Å². The van der Waals surface area contributed by atoms with E-state index in [4.69, 9.17) is 4.74 Å². The van der Waals surface area contributed by atoms with E-state index in [0.717, 1.165) is 41.1 Å². The zero-order chi connectivity index (χ0) is 14.5. The number of nitrogens with one attached hydrogen (secondary N) is 1. The fourth-order valence-corrected chi connectivity index (χ4v) is 2.18. The Kier molecular flexibility index (Phi) is 4.07. The molecule has 0 amide bonds. The molecule has 0 aliphatic carbocycles. The van der Waals surface area contributed by atoms with Gasteiger partial charge in [0.1, 0.15) is 11.5 Å². The maximum Gasteiger partial charge on any atom is 0.146 e. The Morgan fingerprint density at radius 3 is 3.00 bits per heavy atom. The van der Waals surface area contributed by atoms with Crippen molar-refractivity contribution in [3.63, 3.8) is 0 Å². The molecule has 0 unspecified atom stereocenters. The molecule has 21 heavy (non-hydrogen) atoms.